The van der Waals surface area contributed by atoms with Gasteiger partial charge in [-0.15, -0.1) is 0 Å². The maximum absolute atomic E-state index is 13.0. The van der Waals surface area contributed by atoms with Gasteiger partial charge in [-0.3, -0.25) is 4.99 Å². The fourth-order valence-corrected chi connectivity index (χ4v) is 1.98. The Balaban J connectivity index is 2.21. The summed E-state index contributed by atoms with van der Waals surface area (Å²) in [5, 5.41) is 4.96. The van der Waals surface area contributed by atoms with Crippen LogP contribution in [-0.2, 0) is 10.0 Å². The highest BCUT2D eigenvalue weighted by Gasteiger charge is 2.06. The van der Waals surface area contributed by atoms with Crippen LogP contribution in [0.5, 0.6) is 0 Å². The second kappa shape index (κ2) is 5.48. The second-order valence-corrected chi connectivity index (χ2v) is 5.53. The van der Waals surface area contributed by atoms with Crippen molar-refractivity contribution in [3.63, 3.8) is 0 Å². The van der Waals surface area contributed by atoms with Crippen molar-refractivity contribution in [2.24, 2.45) is 10.1 Å². The summed E-state index contributed by atoms with van der Waals surface area (Å²) in [6.07, 6.45) is 1.34. The lowest BCUT2D eigenvalue weighted by Crippen LogP contribution is -2.11. The third-order valence-corrected chi connectivity index (χ3v) is 3.40. The van der Waals surface area contributed by atoms with Crippen molar-refractivity contribution < 1.29 is 17.2 Å². The molecule has 0 bridgehead atoms. The van der Waals surface area contributed by atoms with Gasteiger partial charge in [0, 0.05) is 6.21 Å². The molecule has 2 rings (SSSR count). The Hall–Kier alpha value is -2.12. The first-order valence-electron chi connectivity index (χ1n) is 5.48. The molecule has 104 valence electrons. The smallest absolute Gasteiger partial charge is 0.238 e. The summed E-state index contributed by atoms with van der Waals surface area (Å²) in [6, 6.07) is 8.92. The Labute approximate surface area is 114 Å². The summed E-state index contributed by atoms with van der Waals surface area (Å²) >= 11 is 0. The van der Waals surface area contributed by atoms with Crippen molar-refractivity contribution in [1.29, 1.82) is 0 Å². The van der Waals surface area contributed by atoms with E-state index in [-0.39, 0.29) is 4.90 Å². The van der Waals surface area contributed by atoms with Crippen molar-refractivity contribution in [1.82, 2.24) is 0 Å². The average Bonchev–Trinajstić information content (AvgIpc) is 2.40. The lowest BCUT2D eigenvalue weighted by molar-refractivity contribution is 0.508. The number of hydrogen-bond donors (Lipinski definition) is 1. The third kappa shape index (κ3) is 3.46. The minimum Gasteiger partial charge on any atom is -0.256 e. The molecule has 7 heteroatoms. The quantitative estimate of drug-likeness (QED) is 0.883. The first-order valence-corrected chi connectivity index (χ1v) is 7.03. The molecule has 0 saturated carbocycles. The number of benzene rings is 2. The fraction of sp³-hybridized carbons (Fsp3) is 0. The largest absolute Gasteiger partial charge is 0.256 e. The van der Waals surface area contributed by atoms with Crippen LogP contribution in [0, 0.1) is 11.6 Å². The zero-order valence-electron chi connectivity index (χ0n) is 10.1. The molecular formula is C13H10F2N2O2S. The molecule has 0 heterocycles. The number of primary sulfonamides is 1. The van der Waals surface area contributed by atoms with Gasteiger partial charge in [-0.1, -0.05) is 6.07 Å². The molecule has 0 amide bonds. The van der Waals surface area contributed by atoms with E-state index >= 15 is 0 Å². The molecule has 0 saturated heterocycles. The highest BCUT2D eigenvalue weighted by molar-refractivity contribution is 7.89. The molecule has 0 fully saturated rings. The lowest BCUT2D eigenvalue weighted by Gasteiger charge is -1.99. The van der Waals surface area contributed by atoms with Gasteiger partial charge in [-0.05, 0) is 42.0 Å². The van der Waals surface area contributed by atoms with Crippen LogP contribution in [-0.4, -0.2) is 14.6 Å². The SMILES string of the molecule is NS(=O)(=O)c1ccc(/N=C/c2ccc(F)c(F)c2)cc1. The minimum atomic E-state index is -3.74. The van der Waals surface area contributed by atoms with E-state index in [4.69, 9.17) is 5.14 Å². The van der Waals surface area contributed by atoms with Crippen molar-refractivity contribution in [2.75, 3.05) is 0 Å². The predicted octanol–water partition coefficient (Wildman–Crippen LogP) is 2.36. The van der Waals surface area contributed by atoms with Gasteiger partial charge in [0.1, 0.15) is 0 Å². The number of halogens is 2. The maximum atomic E-state index is 13.0. The molecule has 0 aliphatic rings. The highest BCUT2D eigenvalue weighted by Crippen LogP contribution is 2.16. The predicted molar refractivity (Wildman–Crippen MR) is 71.4 cm³/mol. The highest BCUT2D eigenvalue weighted by atomic mass is 32.2. The Morgan fingerprint density at radius 1 is 1.00 bits per heavy atom. The van der Waals surface area contributed by atoms with E-state index in [1.54, 1.807) is 0 Å². The molecule has 0 radical (unpaired) electrons. The van der Waals surface area contributed by atoms with Crippen LogP contribution in [0.3, 0.4) is 0 Å². The molecule has 2 N–H and O–H groups in total. The topological polar surface area (TPSA) is 72.5 Å². The van der Waals surface area contributed by atoms with Crippen molar-refractivity contribution in [2.45, 2.75) is 4.90 Å². The molecule has 2 aromatic carbocycles. The van der Waals surface area contributed by atoms with E-state index in [9.17, 15) is 17.2 Å². The van der Waals surface area contributed by atoms with Gasteiger partial charge in [0.05, 0.1) is 10.6 Å². The summed E-state index contributed by atoms with van der Waals surface area (Å²) in [6.45, 7) is 0. The Kier molecular flexibility index (Phi) is 3.91. The second-order valence-electron chi connectivity index (χ2n) is 3.97. The maximum Gasteiger partial charge on any atom is 0.238 e. The van der Waals surface area contributed by atoms with Crippen LogP contribution in [0.15, 0.2) is 52.4 Å². The molecule has 0 aliphatic heterocycles. The Morgan fingerprint density at radius 3 is 2.20 bits per heavy atom. The molecule has 2 aromatic rings. The average molecular weight is 296 g/mol. The van der Waals surface area contributed by atoms with Gasteiger partial charge < -0.3 is 0 Å². The van der Waals surface area contributed by atoms with Crippen LogP contribution < -0.4 is 5.14 Å². The van der Waals surface area contributed by atoms with Gasteiger partial charge in [0.15, 0.2) is 11.6 Å². The first kappa shape index (κ1) is 14.3. The number of hydrogen-bond acceptors (Lipinski definition) is 3. The number of aliphatic imine (C=N–C) groups is 1. The van der Waals surface area contributed by atoms with Gasteiger partial charge in [0.2, 0.25) is 10.0 Å². The summed E-state index contributed by atoms with van der Waals surface area (Å²) in [5.74, 6) is -1.89. The molecule has 20 heavy (non-hydrogen) atoms. The summed E-state index contributed by atoms with van der Waals surface area (Å²) < 4.78 is 47.8. The fourth-order valence-electron chi connectivity index (χ4n) is 1.46. The van der Waals surface area contributed by atoms with Gasteiger partial charge in [-0.25, -0.2) is 22.3 Å². The molecule has 0 aliphatic carbocycles. The lowest BCUT2D eigenvalue weighted by atomic mass is 10.2. The molecule has 4 nitrogen and oxygen atoms in total. The van der Waals surface area contributed by atoms with E-state index < -0.39 is 21.7 Å². The van der Waals surface area contributed by atoms with Crippen LogP contribution >= 0.6 is 0 Å². The van der Waals surface area contributed by atoms with E-state index in [2.05, 4.69) is 4.99 Å². The standard InChI is InChI=1S/C13H10F2N2O2S/c14-12-6-1-9(7-13(12)15)8-17-10-2-4-11(5-3-10)20(16,18)19/h1-8H,(H2,16,18,19)/b17-8+. The van der Waals surface area contributed by atoms with Crippen molar-refractivity contribution in [3.05, 3.63) is 59.7 Å². The van der Waals surface area contributed by atoms with E-state index in [1.807, 2.05) is 0 Å². The van der Waals surface area contributed by atoms with Gasteiger partial charge >= 0.3 is 0 Å². The summed E-state index contributed by atoms with van der Waals surface area (Å²) in [4.78, 5) is 4.00. The molecule has 0 atom stereocenters. The number of rotatable bonds is 3. The van der Waals surface area contributed by atoms with E-state index in [1.165, 1.54) is 36.5 Å². The third-order valence-electron chi connectivity index (χ3n) is 2.47. The zero-order chi connectivity index (χ0) is 14.8. The van der Waals surface area contributed by atoms with Crippen LogP contribution in [0.1, 0.15) is 5.56 Å². The van der Waals surface area contributed by atoms with Crippen LogP contribution in [0.25, 0.3) is 0 Å². The molecule has 0 aromatic heterocycles. The van der Waals surface area contributed by atoms with Crippen LogP contribution in [0.4, 0.5) is 14.5 Å². The number of sulfonamides is 1. The van der Waals surface area contributed by atoms with E-state index in [0.29, 0.717) is 11.3 Å². The summed E-state index contributed by atoms with van der Waals surface area (Å²) in [7, 11) is -3.74. The van der Waals surface area contributed by atoms with Gasteiger partial charge in [-0.2, -0.15) is 0 Å². The number of nitrogens with two attached hydrogens (primary N) is 1. The minimum absolute atomic E-state index is 0.0238. The molecule has 0 unspecified atom stereocenters. The first-order chi connectivity index (χ1) is 9.36. The molecule has 0 spiro atoms. The Bertz CT molecular complexity index is 756. The Morgan fingerprint density at radius 2 is 1.65 bits per heavy atom. The van der Waals surface area contributed by atoms with Crippen LogP contribution in [0.2, 0.25) is 0 Å². The zero-order valence-corrected chi connectivity index (χ0v) is 10.9. The monoisotopic (exact) mass is 296 g/mol. The van der Waals surface area contributed by atoms with Crippen molar-refractivity contribution in [3.8, 4) is 0 Å². The van der Waals surface area contributed by atoms with Crippen molar-refractivity contribution >= 4 is 21.9 Å². The normalized spacial score (nSPS) is 11.9. The van der Waals surface area contributed by atoms with Gasteiger partial charge in [0.25, 0.3) is 0 Å². The number of nitrogens with zero attached hydrogens (tertiary/aromatic N) is 1. The molecular weight excluding hydrogens is 286 g/mol. The van der Waals surface area contributed by atoms with E-state index in [0.717, 1.165) is 12.1 Å². The summed E-state index contributed by atoms with van der Waals surface area (Å²) in [5.41, 5.74) is 0.849.